The maximum absolute atomic E-state index is 14.2. The summed E-state index contributed by atoms with van der Waals surface area (Å²) in [5.41, 5.74) is 2.44. The van der Waals surface area contributed by atoms with E-state index in [2.05, 4.69) is 31.8 Å². The van der Waals surface area contributed by atoms with Gasteiger partial charge in [-0.1, -0.05) is 40.7 Å². The Balaban J connectivity index is 2.08. The van der Waals surface area contributed by atoms with E-state index in [-0.39, 0.29) is 11.0 Å². The highest BCUT2D eigenvalue weighted by atomic mass is 19.1. The van der Waals surface area contributed by atoms with Crippen LogP contribution < -0.4 is 4.74 Å². The van der Waals surface area contributed by atoms with Crippen molar-refractivity contribution in [1.29, 1.82) is 0 Å². The Kier molecular flexibility index (Phi) is 5.78. The fourth-order valence-electron chi connectivity index (χ4n) is 3.57. The van der Waals surface area contributed by atoms with Crippen molar-refractivity contribution in [2.24, 2.45) is 17.3 Å². The number of ether oxygens (including phenoxy) is 1. The summed E-state index contributed by atoms with van der Waals surface area (Å²) in [6.07, 6.45) is 2.95. The second kappa shape index (κ2) is 7.97. The van der Waals surface area contributed by atoms with E-state index in [0.29, 0.717) is 41.1 Å². The number of halogens is 1. The summed E-state index contributed by atoms with van der Waals surface area (Å²) in [4.78, 5) is 16.5. The molecule has 0 aliphatic heterocycles. The molecule has 1 aromatic heterocycles. The van der Waals surface area contributed by atoms with Gasteiger partial charge in [-0.15, -0.1) is 0 Å². The van der Waals surface area contributed by atoms with Crippen LogP contribution in [0.2, 0.25) is 0 Å². The van der Waals surface area contributed by atoms with E-state index in [0.717, 1.165) is 12.0 Å². The third-order valence-electron chi connectivity index (χ3n) is 5.73. The summed E-state index contributed by atoms with van der Waals surface area (Å²) in [6, 6.07) is 7.67. The van der Waals surface area contributed by atoms with Crippen LogP contribution in [-0.4, -0.2) is 22.7 Å². The fourth-order valence-corrected chi connectivity index (χ4v) is 3.57. The van der Waals surface area contributed by atoms with Crippen LogP contribution in [-0.2, 0) is 0 Å². The number of rotatable bonds is 6. The second-order valence-electron chi connectivity index (χ2n) is 8.75. The second-order valence-corrected chi connectivity index (χ2v) is 8.75. The van der Waals surface area contributed by atoms with Gasteiger partial charge in [0.25, 0.3) is 0 Å². The van der Waals surface area contributed by atoms with Crippen LogP contribution in [0.3, 0.4) is 0 Å². The standard InChI is InChI=1S/C24H28FNO3/c1-14(2)13-29-18-11-16(10-17(25)12-18)21-9-7-19(23(27)28)22(26-21)20-8-6-15(3)24(20,4)5/h7-12,14-15H,6,13H2,1-5H3,(H,27,28). The molecule has 0 saturated carbocycles. The fraction of sp³-hybridized carbons (Fsp3) is 0.417. The summed E-state index contributed by atoms with van der Waals surface area (Å²) < 4.78 is 19.9. The Labute approximate surface area is 171 Å². The van der Waals surface area contributed by atoms with Gasteiger partial charge in [-0.05, 0) is 53.5 Å². The van der Waals surface area contributed by atoms with E-state index in [1.807, 2.05) is 13.8 Å². The molecule has 0 amide bonds. The number of carboxylic acid groups (broad SMARTS) is 1. The molecule has 29 heavy (non-hydrogen) atoms. The molecule has 0 fully saturated rings. The van der Waals surface area contributed by atoms with Crippen LogP contribution in [0.25, 0.3) is 16.8 Å². The van der Waals surface area contributed by atoms with Crippen LogP contribution in [0, 0.1) is 23.1 Å². The van der Waals surface area contributed by atoms with E-state index < -0.39 is 11.8 Å². The first kappa shape index (κ1) is 21.0. The Morgan fingerprint density at radius 2 is 2.03 bits per heavy atom. The van der Waals surface area contributed by atoms with Crippen molar-refractivity contribution in [2.75, 3.05) is 6.61 Å². The number of nitrogens with zero attached hydrogens (tertiary/aromatic N) is 1. The molecular formula is C24H28FNO3. The van der Waals surface area contributed by atoms with Gasteiger partial charge in [0, 0.05) is 11.6 Å². The van der Waals surface area contributed by atoms with E-state index in [1.165, 1.54) is 12.1 Å². The topological polar surface area (TPSA) is 59.4 Å². The van der Waals surface area contributed by atoms with Gasteiger partial charge in [0.2, 0.25) is 0 Å². The number of carboxylic acids is 1. The van der Waals surface area contributed by atoms with Crippen molar-refractivity contribution in [3.63, 3.8) is 0 Å². The van der Waals surface area contributed by atoms with E-state index >= 15 is 0 Å². The van der Waals surface area contributed by atoms with Crippen LogP contribution in [0.1, 0.15) is 57.1 Å². The molecule has 0 bridgehead atoms. The van der Waals surface area contributed by atoms with Crippen molar-refractivity contribution in [1.82, 2.24) is 4.98 Å². The third kappa shape index (κ3) is 4.34. The van der Waals surface area contributed by atoms with Gasteiger partial charge in [0.15, 0.2) is 0 Å². The Morgan fingerprint density at radius 1 is 1.31 bits per heavy atom. The van der Waals surface area contributed by atoms with Crippen molar-refractivity contribution < 1.29 is 19.0 Å². The predicted molar refractivity (Wildman–Crippen MR) is 112 cm³/mol. The number of benzene rings is 1. The maximum atomic E-state index is 14.2. The molecule has 1 aliphatic carbocycles. The lowest BCUT2D eigenvalue weighted by Gasteiger charge is -2.28. The predicted octanol–water partition coefficient (Wildman–Crippen LogP) is 6.07. The van der Waals surface area contributed by atoms with Crippen molar-refractivity contribution >= 4 is 11.5 Å². The lowest BCUT2D eigenvalue weighted by molar-refractivity contribution is 0.0696. The summed E-state index contributed by atoms with van der Waals surface area (Å²) in [5.74, 6) is -0.292. The summed E-state index contributed by atoms with van der Waals surface area (Å²) in [6.45, 7) is 10.9. The molecule has 1 N–H and O–H groups in total. The SMILES string of the molecule is CC(C)COc1cc(F)cc(-c2ccc(C(=O)O)c(C3=CCC(C)C3(C)C)n2)c1. The van der Waals surface area contributed by atoms with Gasteiger partial charge in [-0.3, -0.25) is 0 Å². The van der Waals surface area contributed by atoms with Gasteiger partial charge in [-0.2, -0.15) is 0 Å². The lowest BCUT2D eigenvalue weighted by atomic mass is 9.76. The quantitative estimate of drug-likeness (QED) is 0.643. The van der Waals surface area contributed by atoms with E-state index in [9.17, 15) is 14.3 Å². The number of hydrogen-bond acceptors (Lipinski definition) is 3. The smallest absolute Gasteiger partial charge is 0.337 e. The van der Waals surface area contributed by atoms with Gasteiger partial charge >= 0.3 is 5.97 Å². The largest absolute Gasteiger partial charge is 0.493 e. The molecule has 1 heterocycles. The number of aromatic nitrogens is 1. The number of hydrogen-bond donors (Lipinski definition) is 1. The summed E-state index contributed by atoms with van der Waals surface area (Å²) in [7, 11) is 0. The van der Waals surface area contributed by atoms with Crippen LogP contribution in [0.5, 0.6) is 5.75 Å². The molecule has 2 aromatic rings. The zero-order valence-electron chi connectivity index (χ0n) is 17.6. The molecule has 0 radical (unpaired) electrons. The van der Waals surface area contributed by atoms with E-state index in [1.54, 1.807) is 18.2 Å². The van der Waals surface area contributed by atoms with E-state index in [4.69, 9.17) is 4.74 Å². The van der Waals surface area contributed by atoms with Crippen LogP contribution in [0.15, 0.2) is 36.4 Å². The number of allylic oxidation sites excluding steroid dienone is 2. The monoisotopic (exact) mass is 397 g/mol. The highest BCUT2D eigenvalue weighted by Crippen LogP contribution is 2.48. The highest BCUT2D eigenvalue weighted by molar-refractivity contribution is 5.94. The number of carbonyl (C=O) groups is 1. The first-order valence-electron chi connectivity index (χ1n) is 9.98. The van der Waals surface area contributed by atoms with Gasteiger partial charge in [0.05, 0.1) is 23.6 Å². The third-order valence-corrected chi connectivity index (χ3v) is 5.73. The minimum absolute atomic E-state index is 0.162. The van der Waals surface area contributed by atoms with Gasteiger partial charge in [0.1, 0.15) is 11.6 Å². The normalized spacial score (nSPS) is 18.0. The first-order valence-corrected chi connectivity index (χ1v) is 9.98. The Bertz CT molecular complexity index is 963. The Hall–Kier alpha value is -2.69. The zero-order valence-corrected chi connectivity index (χ0v) is 17.6. The number of aromatic carboxylic acids is 1. The molecule has 1 aliphatic rings. The average molecular weight is 397 g/mol. The average Bonchev–Trinajstić information content (AvgIpc) is 2.91. The molecule has 0 saturated heterocycles. The Morgan fingerprint density at radius 3 is 2.62 bits per heavy atom. The molecule has 0 spiro atoms. The molecular weight excluding hydrogens is 369 g/mol. The highest BCUT2D eigenvalue weighted by Gasteiger charge is 2.37. The summed E-state index contributed by atoms with van der Waals surface area (Å²) >= 11 is 0. The first-order chi connectivity index (χ1) is 13.6. The maximum Gasteiger partial charge on any atom is 0.337 e. The number of pyridine rings is 1. The molecule has 1 atom stereocenters. The molecule has 154 valence electrons. The molecule has 1 unspecified atom stereocenters. The van der Waals surface area contributed by atoms with Crippen molar-refractivity contribution in [2.45, 2.75) is 41.0 Å². The van der Waals surface area contributed by atoms with Gasteiger partial charge < -0.3 is 9.84 Å². The van der Waals surface area contributed by atoms with Crippen LogP contribution in [0.4, 0.5) is 4.39 Å². The minimum Gasteiger partial charge on any atom is -0.493 e. The van der Waals surface area contributed by atoms with Crippen molar-refractivity contribution in [3.8, 4) is 17.0 Å². The minimum atomic E-state index is -1.02. The van der Waals surface area contributed by atoms with Crippen LogP contribution >= 0.6 is 0 Å². The van der Waals surface area contributed by atoms with Crippen molar-refractivity contribution in [3.05, 3.63) is 53.5 Å². The molecule has 3 rings (SSSR count). The zero-order chi connectivity index (χ0) is 21.3. The molecule has 1 aromatic carbocycles. The molecule has 5 heteroatoms. The summed E-state index contributed by atoms with van der Waals surface area (Å²) in [5, 5.41) is 9.69. The molecule has 4 nitrogen and oxygen atoms in total. The van der Waals surface area contributed by atoms with Gasteiger partial charge in [-0.25, -0.2) is 14.2 Å². The lowest BCUT2D eigenvalue weighted by Crippen LogP contribution is -2.20.